The molecule has 0 aromatic carbocycles. The van der Waals surface area contributed by atoms with Crippen molar-refractivity contribution in [3.8, 4) is 0 Å². The number of carboxylic acids is 1. The summed E-state index contributed by atoms with van der Waals surface area (Å²) in [5.41, 5.74) is -0.788. The van der Waals surface area contributed by atoms with E-state index in [-0.39, 0.29) is 18.6 Å². The molecule has 0 aromatic heterocycles. The van der Waals surface area contributed by atoms with Crippen LogP contribution in [0.1, 0.15) is 59.8 Å². The molecule has 1 aliphatic carbocycles. The van der Waals surface area contributed by atoms with Crippen LogP contribution in [-0.4, -0.2) is 29.7 Å². The van der Waals surface area contributed by atoms with Crippen LogP contribution in [-0.2, 0) is 4.79 Å². The highest BCUT2D eigenvalue weighted by Gasteiger charge is 2.41. The molecule has 5 nitrogen and oxygen atoms in total. The van der Waals surface area contributed by atoms with Crippen molar-refractivity contribution in [3.05, 3.63) is 0 Å². The number of carbonyl (C=O) groups is 2. The fourth-order valence-corrected chi connectivity index (χ4v) is 2.78. The molecule has 5 heteroatoms. The Morgan fingerprint density at radius 3 is 2.33 bits per heavy atom. The molecule has 0 heterocycles. The van der Waals surface area contributed by atoms with Gasteiger partial charge in [-0.2, -0.15) is 0 Å². The highest BCUT2D eigenvalue weighted by Crippen LogP contribution is 2.38. The van der Waals surface area contributed by atoms with Gasteiger partial charge in [-0.1, -0.05) is 27.2 Å². The molecule has 2 atom stereocenters. The van der Waals surface area contributed by atoms with Crippen molar-refractivity contribution in [1.82, 2.24) is 10.6 Å². The topological polar surface area (TPSA) is 78.4 Å². The zero-order chi connectivity index (χ0) is 16.0. The normalized spacial score (nSPS) is 28.5. The van der Waals surface area contributed by atoms with Gasteiger partial charge < -0.3 is 15.7 Å². The Kier molecular flexibility index (Phi) is 6.49. The number of carbonyl (C=O) groups excluding carboxylic acids is 1. The molecule has 122 valence electrons. The molecule has 0 bridgehead atoms. The van der Waals surface area contributed by atoms with E-state index < -0.39 is 11.4 Å². The minimum atomic E-state index is -0.788. The molecule has 1 rings (SSSR count). The fraction of sp³-hybridized carbons (Fsp3) is 0.875. The van der Waals surface area contributed by atoms with Crippen LogP contribution in [0.5, 0.6) is 0 Å². The number of hydrogen-bond donors (Lipinski definition) is 3. The quantitative estimate of drug-likeness (QED) is 0.705. The van der Waals surface area contributed by atoms with Crippen LogP contribution in [0.15, 0.2) is 0 Å². The Bertz CT molecular complexity index is 363. The summed E-state index contributed by atoms with van der Waals surface area (Å²) in [6.45, 7) is 8.52. The second kappa shape index (κ2) is 7.66. The number of rotatable bonds is 6. The number of carboxylic acid groups (broad SMARTS) is 1. The Labute approximate surface area is 127 Å². The maximum atomic E-state index is 11.9. The maximum Gasteiger partial charge on any atom is 0.315 e. The minimum absolute atomic E-state index is 0.0853. The number of hydrogen-bond acceptors (Lipinski definition) is 2. The number of urea groups is 1. The average molecular weight is 298 g/mol. The summed E-state index contributed by atoms with van der Waals surface area (Å²) >= 11 is 0. The molecule has 0 aliphatic heterocycles. The van der Waals surface area contributed by atoms with Crippen molar-refractivity contribution in [2.45, 2.75) is 65.8 Å². The van der Waals surface area contributed by atoms with Gasteiger partial charge >= 0.3 is 12.0 Å². The molecule has 2 unspecified atom stereocenters. The van der Waals surface area contributed by atoms with Crippen LogP contribution in [0.3, 0.4) is 0 Å². The Morgan fingerprint density at radius 2 is 1.86 bits per heavy atom. The van der Waals surface area contributed by atoms with Gasteiger partial charge in [-0.25, -0.2) is 4.79 Å². The fourth-order valence-electron chi connectivity index (χ4n) is 2.78. The molecule has 0 aromatic rings. The van der Waals surface area contributed by atoms with Crippen LogP contribution in [0.25, 0.3) is 0 Å². The second-order valence-corrected chi connectivity index (χ2v) is 6.77. The third kappa shape index (κ3) is 4.90. The molecule has 1 aliphatic rings. The van der Waals surface area contributed by atoms with Gasteiger partial charge in [0.15, 0.2) is 0 Å². The van der Waals surface area contributed by atoms with Gasteiger partial charge in [0.1, 0.15) is 0 Å². The third-order valence-electron chi connectivity index (χ3n) is 5.13. The lowest BCUT2D eigenvalue weighted by Gasteiger charge is -2.36. The van der Waals surface area contributed by atoms with Crippen molar-refractivity contribution in [3.63, 3.8) is 0 Å². The van der Waals surface area contributed by atoms with E-state index in [1.54, 1.807) is 0 Å². The summed E-state index contributed by atoms with van der Waals surface area (Å²) in [5.74, 6) is 0.195. The van der Waals surface area contributed by atoms with E-state index in [2.05, 4.69) is 31.4 Å². The largest absolute Gasteiger partial charge is 0.481 e. The number of aliphatic carboxylic acids is 1. The summed E-state index contributed by atoms with van der Waals surface area (Å²) in [6.07, 6.45) is 4.12. The van der Waals surface area contributed by atoms with Crippen LogP contribution < -0.4 is 10.6 Å². The van der Waals surface area contributed by atoms with Crippen LogP contribution in [0, 0.1) is 17.3 Å². The van der Waals surface area contributed by atoms with E-state index in [1.807, 2.05) is 6.92 Å². The van der Waals surface area contributed by atoms with Crippen LogP contribution in [0.2, 0.25) is 0 Å². The highest BCUT2D eigenvalue weighted by molar-refractivity contribution is 5.78. The van der Waals surface area contributed by atoms with Gasteiger partial charge in [0.05, 0.1) is 5.41 Å². The molecule has 3 N–H and O–H groups in total. The standard InChI is InChI=1S/C16H30N2O3/c1-5-12(3)13(4)18-15(21)17-10-16(14(19)20)8-6-11(2)7-9-16/h11-13H,5-10H2,1-4H3,(H,19,20)(H2,17,18,21). The SMILES string of the molecule is CCC(C)C(C)NC(=O)NCC1(C(=O)O)CCC(C)CC1. The summed E-state index contributed by atoms with van der Waals surface area (Å²) in [4.78, 5) is 23.5. The van der Waals surface area contributed by atoms with Gasteiger partial charge in [0, 0.05) is 12.6 Å². The lowest BCUT2D eigenvalue weighted by molar-refractivity contribution is -0.151. The minimum Gasteiger partial charge on any atom is -0.481 e. The van der Waals surface area contributed by atoms with E-state index in [1.165, 1.54) is 0 Å². The van der Waals surface area contributed by atoms with Crippen molar-refractivity contribution in [2.75, 3.05) is 6.54 Å². The van der Waals surface area contributed by atoms with Gasteiger partial charge in [-0.05, 0) is 44.4 Å². The summed E-state index contributed by atoms with van der Waals surface area (Å²) < 4.78 is 0. The predicted molar refractivity (Wildman–Crippen MR) is 83.2 cm³/mol. The molecule has 0 saturated heterocycles. The molecule has 21 heavy (non-hydrogen) atoms. The summed E-state index contributed by atoms with van der Waals surface area (Å²) in [5, 5.41) is 15.2. The van der Waals surface area contributed by atoms with E-state index in [4.69, 9.17) is 0 Å². The van der Waals surface area contributed by atoms with Gasteiger partial charge in [0.25, 0.3) is 0 Å². The van der Waals surface area contributed by atoms with Crippen LogP contribution >= 0.6 is 0 Å². The highest BCUT2D eigenvalue weighted by atomic mass is 16.4. The van der Waals surface area contributed by atoms with Gasteiger partial charge in [-0.15, -0.1) is 0 Å². The number of amides is 2. The Balaban J connectivity index is 2.51. The lowest BCUT2D eigenvalue weighted by Crippen LogP contribution is -2.50. The first-order valence-corrected chi connectivity index (χ1v) is 8.08. The summed E-state index contributed by atoms with van der Waals surface area (Å²) in [7, 11) is 0. The third-order valence-corrected chi connectivity index (χ3v) is 5.13. The maximum absolute atomic E-state index is 11.9. The second-order valence-electron chi connectivity index (χ2n) is 6.77. The molecule has 1 saturated carbocycles. The van der Waals surface area contributed by atoms with E-state index in [0.717, 1.165) is 19.3 Å². The van der Waals surface area contributed by atoms with E-state index in [9.17, 15) is 14.7 Å². The predicted octanol–water partition coefficient (Wildman–Crippen LogP) is 3.00. The first-order valence-electron chi connectivity index (χ1n) is 8.08. The lowest BCUT2D eigenvalue weighted by atomic mass is 9.71. The van der Waals surface area contributed by atoms with Crippen molar-refractivity contribution >= 4 is 12.0 Å². The first kappa shape index (κ1) is 17.8. The van der Waals surface area contributed by atoms with E-state index in [0.29, 0.717) is 24.7 Å². The van der Waals surface area contributed by atoms with Gasteiger partial charge in [0.2, 0.25) is 0 Å². The number of nitrogens with one attached hydrogen (secondary N) is 2. The zero-order valence-electron chi connectivity index (χ0n) is 13.7. The monoisotopic (exact) mass is 298 g/mol. The summed E-state index contributed by atoms with van der Waals surface area (Å²) in [6, 6.07) is -0.177. The molecule has 2 amide bonds. The van der Waals surface area contributed by atoms with Crippen molar-refractivity contribution < 1.29 is 14.7 Å². The first-order chi connectivity index (χ1) is 9.80. The van der Waals surface area contributed by atoms with Crippen LogP contribution in [0.4, 0.5) is 4.79 Å². The molecular weight excluding hydrogens is 268 g/mol. The molecule has 0 radical (unpaired) electrons. The van der Waals surface area contributed by atoms with E-state index >= 15 is 0 Å². The zero-order valence-corrected chi connectivity index (χ0v) is 13.7. The Morgan fingerprint density at radius 1 is 1.29 bits per heavy atom. The van der Waals surface area contributed by atoms with Crippen molar-refractivity contribution in [1.29, 1.82) is 0 Å². The molecule has 1 fully saturated rings. The van der Waals surface area contributed by atoms with Gasteiger partial charge in [-0.3, -0.25) is 4.79 Å². The van der Waals surface area contributed by atoms with Crippen molar-refractivity contribution in [2.24, 2.45) is 17.3 Å². The average Bonchev–Trinajstić information content (AvgIpc) is 2.45. The smallest absolute Gasteiger partial charge is 0.315 e. The molecular formula is C16H30N2O3. The molecule has 0 spiro atoms. The Hall–Kier alpha value is -1.26.